The smallest absolute Gasteiger partial charge is 0.251 e. The molecular weight excluding hydrogens is 456 g/mol. The number of aromatic nitrogens is 2. The third-order valence-electron chi connectivity index (χ3n) is 6.33. The van der Waals surface area contributed by atoms with Gasteiger partial charge in [0.25, 0.3) is 5.91 Å². The van der Waals surface area contributed by atoms with Crippen molar-refractivity contribution in [2.45, 2.75) is 18.9 Å². The average molecular weight is 483 g/mol. The standard InChI is InChI=1S/C28H26N4O4/c1-17-23-24(19-14-21(35-2)16-22(15-19)36-3)25(29-27(33)18-10-6-4-7-11-18)28(34)30-26(23)32(31-17)20-12-8-5-9-13-20/h4-16,24-25H,1-3H3,(H,29,33)(H,30,34)/t24-,25+/m1/s1. The van der Waals surface area contributed by atoms with Gasteiger partial charge in [-0.2, -0.15) is 5.10 Å². The number of carbonyl (C=O) groups is 2. The molecule has 2 heterocycles. The van der Waals surface area contributed by atoms with E-state index in [0.29, 0.717) is 22.9 Å². The number of amides is 2. The number of hydrogen-bond donors (Lipinski definition) is 2. The molecule has 0 unspecified atom stereocenters. The molecule has 182 valence electrons. The molecule has 1 aliphatic rings. The zero-order valence-corrected chi connectivity index (χ0v) is 20.2. The van der Waals surface area contributed by atoms with Gasteiger partial charge in [-0.3, -0.25) is 9.59 Å². The van der Waals surface area contributed by atoms with E-state index in [-0.39, 0.29) is 11.8 Å². The molecule has 5 rings (SSSR count). The molecule has 1 aromatic heterocycles. The van der Waals surface area contributed by atoms with Gasteiger partial charge < -0.3 is 20.1 Å². The lowest BCUT2D eigenvalue weighted by molar-refractivity contribution is -0.118. The molecule has 36 heavy (non-hydrogen) atoms. The number of ether oxygens (including phenoxy) is 2. The van der Waals surface area contributed by atoms with Gasteiger partial charge in [0, 0.05) is 23.1 Å². The van der Waals surface area contributed by atoms with Crippen molar-refractivity contribution in [2.75, 3.05) is 19.5 Å². The predicted octanol–water partition coefficient (Wildman–Crippen LogP) is 4.08. The van der Waals surface area contributed by atoms with Crippen LogP contribution in [0, 0.1) is 6.92 Å². The van der Waals surface area contributed by atoms with E-state index in [9.17, 15) is 9.59 Å². The summed E-state index contributed by atoms with van der Waals surface area (Å²) in [6.07, 6.45) is 0. The molecule has 2 atom stereocenters. The molecule has 8 heteroatoms. The summed E-state index contributed by atoms with van der Waals surface area (Å²) in [5.41, 5.74) is 3.59. The van der Waals surface area contributed by atoms with Crippen LogP contribution in [-0.2, 0) is 4.79 Å². The maximum Gasteiger partial charge on any atom is 0.251 e. The molecule has 0 saturated carbocycles. The highest BCUT2D eigenvalue weighted by Crippen LogP contribution is 2.42. The Morgan fingerprint density at radius 1 is 0.944 bits per heavy atom. The van der Waals surface area contributed by atoms with Crippen LogP contribution in [-0.4, -0.2) is 41.9 Å². The number of aryl methyl sites for hydroxylation is 1. The fourth-order valence-electron chi connectivity index (χ4n) is 4.63. The predicted molar refractivity (Wildman–Crippen MR) is 136 cm³/mol. The van der Waals surface area contributed by atoms with E-state index < -0.39 is 12.0 Å². The number of methoxy groups -OCH3 is 2. The van der Waals surface area contributed by atoms with E-state index in [1.54, 1.807) is 49.2 Å². The molecule has 0 spiro atoms. The highest BCUT2D eigenvalue weighted by Gasteiger charge is 2.42. The molecule has 2 amide bonds. The molecule has 3 aromatic carbocycles. The number of rotatable bonds is 6. The fourth-order valence-corrected chi connectivity index (χ4v) is 4.63. The van der Waals surface area contributed by atoms with E-state index in [4.69, 9.17) is 14.6 Å². The van der Waals surface area contributed by atoms with Crippen molar-refractivity contribution in [3.8, 4) is 17.2 Å². The van der Waals surface area contributed by atoms with Gasteiger partial charge in [0.1, 0.15) is 23.4 Å². The SMILES string of the molecule is COc1cc(OC)cc([C@@H]2c3c(C)nn(-c4ccccc4)c3NC(=O)[C@H]2NC(=O)c2ccccc2)c1. The number of fused-ring (bicyclic) bond motifs is 1. The lowest BCUT2D eigenvalue weighted by Gasteiger charge is -2.33. The third-order valence-corrected chi connectivity index (χ3v) is 6.33. The normalized spacial score (nSPS) is 16.6. The first-order valence-electron chi connectivity index (χ1n) is 11.5. The minimum Gasteiger partial charge on any atom is -0.497 e. The number of benzene rings is 3. The Labute approximate surface area is 208 Å². The lowest BCUT2D eigenvalue weighted by atomic mass is 9.81. The van der Waals surface area contributed by atoms with Crippen LogP contribution in [0.5, 0.6) is 11.5 Å². The Hall–Kier alpha value is -4.59. The molecule has 1 aliphatic heterocycles. The van der Waals surface area contributed by atoms with E-state index in [1.807, 2.05) is 55.5 Å². The zero-order valence-electron chi connectivity index (χ0n) is 20.2. The van der Waals surface area contributed by atoms with Gasteiger partial charge in [0.15, 0.2) is 0 Å². The van der Waals surface area contributed by atoms with Crippen molar-refractivity contribution in [1.82, 2.24) is 15.1 Å². The van der Waals surface area contributed by atoms with Gasteiger partial charge in [-0.25, -0.2) is 4.68 Å². The summed E-state index contributed by atoms with van der Waals surface area (Å²) in [4.78, 5) is 26.7. The maximum absolute atomic E-state index is 13.6. The van der Waals surface area contributed by atoms with Crippen LogP contribution in [0.2, 0.25) is 0 Å². The minimum absolute atomic E-state index is 0.337. The third kappa shape index (κ3) is 4.17. The summed E-state index contributed by atoms with van der Waals surface area (Å²) in [7, 11) is 3.15. The average Bonchev–Trinajstić information content (AvgIpc) is 3.24. The quantitative estimate of drug-likeness (QED) is 0.432. The number of nitrogens with zero attached hydrogens (tertiary/aromatic N) is 2. The summed E-state index contributed by atoms with van der Waals surface area (Å²) in [5, 5.41) is 10.7. The number of hydrogen-bond acceptors (Lipinski definition) is 5. The van der Waals surface area contributed by atoms with Crippen molar-refractivity contribution in [3.63, 3.8) is 0 Å². The van der Waals surface area contributed by atoms with Gasteiger partial charge in [0.05, 0.1) is 25.6 Å². The van der Waals surface area contributed by atoms with Crippen molar-refractivity contribution >= 4 is 17.6 Å². The van der Waals surface area contributed by atoms with Crippen LogP contribution < -0.4 is 20.1 Å². The van der Waals surface area contributed by atoms with Crippen LogP contribution in [0.15, 0.2) is 78.9 Å². The van der Waals surface area contributed by atoms with Gasteiger partial charge in [-0.1, -0.05) is 36.4 Å². The molecule has 0 bridgehead atoms. The second-order valence-corrected chi connectivity index (χ2v) is 8.53. The number of anilines is 1. The monoisotopic (exact) mass is 482 g/mol. The fraction of sp³-hybridized carbons (Fsp3) is 0.179. The Morgan fingerprint density at radius 3 is 2.17 bits per heavy atom. The first-order valence-corrected chi connectivity index (χ1v) is 11.5. The molecule has 0 saturated heterocycles. The highest BCUT2D eigenvalue weighted by molar-refractivity contribution is 6.04. The van der Waals surface area contributed by atoms with E-state index in [0.717, 1.165) is 22.5 Å². The second-order valence-electron chi connectivity index (χ2n) is 8.53. The summed E-state index contributed by atoms with van der Waals surface area (Å²) < 4.78 is 12.7. The van der Waals surface area contributed by atoms with Gasteiger partial charge in [-0.05, 0) is 48.9 Å². The Kier molecular flexibility index (Phi) is 6.16. The molecule has 2 N–H and O–H groups in total. The first kappa shape index (κ1) is 23.2. The second kappa shape index (κ2) is 9.58. The summed E-state index contributed by atoms with van der Waals surface area (Å²) in [6.45, 7) is 1.90. The number of carbonyl (C=O) groups excluding carboxylic acids is 2. The van der Waals surface area contributed by atoms with Crippen LogP contribution in [0.4, 0.5) is 5.82 Å². The molecule has 8 nitrogen and oxygen atoms in total. The number of nitrogens with one attached hydrogen (secondary N) is 2. The Bertz CT molecular complexity index is 1390. The van der Waals surface area contributed by atoms with Gasteiger partial charge in [0.2, 0.25) is 5.91 Å². The van der Waals surface area contributed by atoms with E-state index >= 15 is 0 Å². The molecule has 4 aromatic rings. The van der Waals surface area contributed by atoms with Crippen molar-refractivity contribution in [2.24, 2.45) is 0 Å². The van der Waals surface area contributed by atoms with Crippen molar-refractivity contribution in [3.05, 3.63) is 101 Å². The van der Waals surface area contributed by atoms with Crippen LogP contribution >= 0.6 is 0 Å². The van der Waals surface area contributed by atoms with Crippen molar-refractivity contribution in [1.29, 1.82) is 0 Å². The van der Waals surface area contributed by atoms with Crippen LogP contribution in [0.25, 0.3) is 5.69 Å². The van der Waals surface area contributed by atoms with E-state index in [2.05, 4.69) is 10.6 Å². The topological polar surface area (TPSA) is 94.5 Å². The summed E-state index contributed by atoms with van der Waals surface area (Å²) in [6, 6.07) is 23.0. The minimum atomic E-state index is -0.894. The summed E-state index contributed by atoms with van der Waals surface area (Å²) in [5.74, 6) is 0.516. The van der Waals surface area contributed by atoms with Crippen LogP contribution in [0.3, 0.4) is 0 Å². The highest BCUT2D eigenvalue weighted by atomic mass is 16.5. The summed E-state index contributed by atoms with van der Waals surface area (Å²) >= 11 is 0. The molecule has 0 radical (unpaired) electrons. The van der Waals surface area contributed by atoms with Crippen LogP contribution in [0.1, 0.15) is 33.1 Å². The largest absolute Gasteiger partial charge is 0.497 e. The first-order chi connectivity index (χ1) is 17.5. The molecule has 0 aliphatic carbocycles. The molecule has 0 fully saturated rings. The Balaban J connectivity index is 1.67. The van der Waals surface area contributed by atoms with Crippen molar-refractivity contribution < 1.29 is 19.1 Å². The van der Waals surface area contributed by atoms with E-state index in [1.165, 1.54) is 0 Å². The Morgan fingerprint density at radius 2 is 1.56 bits per heavy atom. The lowest BCUT2D eigenvalue weighted by Crippen LogP contribution is -2.50. The zero-order chi connectivity index (χ0) is 25.2. The maximum atomic E-state index is 13.6. The number of para-hydroxylation sites is 1. The van der Waals surface area contributed by atoms with Gasteiger partial charge in [-0.15, -0.1) is 0 Å². The van der Waals surface area contributed by atoms with Gasteiger partial charge >= 0.3 is 0 Å². The molecular formula is C28H26N4O4.